The van der Waals surface area contributed by atoms with Crippen molar-refractivity contribution in [2.75, 3.05) is 54.8 Å². The van der Waals surface area contributed by atoms with Crippen LogP contribution in [0.15, 0.2) is 17.0 Å². The number of hydrogen-bond acceptors (Lipinski definition) is 8. The number of esters is 1. The second-order valence-electron chi connectivity index (χ2n) is 7.65. The van der Waals surface area contributed by atoms with E-state index < -0.39 is 26.7 Å². The van der Waals surface area contributed by atoms with E-state index in [1.54, 1.807) is 19.1 Å². The van der Waals surface area contributed by atoms with E-state index in [1.165, 1.54) is 4.31 Å². The Morgan fingerprint density at radius 3 is 2.45 bits per heavy atom. The Balaban J connectivity index is 1.86. The van der Waals surface area contributed by atoms with E-state index in [0.717, 1.165) is 31.9 Å². The van der Waals surface area contributed by atoms with Gasteiger partial charge in [0.15, 0.2) is 5.76 Å². The zero-order valence-electron chi connectivity index (χ0n) is 16.6. The zero-order valence-corrected chi connectivity index (χ0v) is 17.4. The number of carbonyl (C=O) groups excluding carboxylic acids is 1. The lowest BCUT2D eigenvalue weighted by Gasteiger charge is -2.37. The first-order valence-electron chi connectivity index (χ1n) is 9.78. The molecule has 1 saturated heterocycles. The first-order valence-corrected chi connectivity index (χ1v) is 11.2. The summed E-state index contributed by atoms with van der Waals surface area (Å²) in [6.07, 6.45) is 1.40. The van der Waals surface area contributed by atoms with Gasteiger partial charge >= 0.3 is 5.97 Å². The lowest BCUT2D eigenvalue weighted by Crippen LogP contribution is -2.45. The number of nitrogen functional groups attached to an aromatic ring is 1. The van der Waals surface area contributed by atoms with Crippen molar-refractivity contribution in [3.05, 3.63) is 22.6 Å². The van der Waals surface area contributed by atoms with Gasteiger partial charge in [0.1, 0.15) is 0 Å². The largest absolute Gasteiger partial charge is 0.506 e. The van der Waals surface area contributed by atoms with Crippen LogP contribution in [0.4, 0.5) is 17.1 Å². The summed E-state index contributed by atoms with van der Waals surface area (Å²) in [5.41, 5.74) is 8.06. The maximum atomic E-state index is 13.3. The highest BCUT2D eigenvalue weighted by Crippen LogP contribution is 2.47. The number of sulfonamides is 1. The topological polar surface area (TPSA) is 116 Å². The maximum absolute atomic E-state index is 13.3. The Bertz CT molecular complexity index is 979. The minimum Gasteiger partial charge on any atom is -0.506 e. The second-order valence-corrected chi connectivity index (χ2v) is 9.40. The van der Waals surface area contributed by atoms with Gasteiger partial charge in [0.25, 0.3) is 10.0 Å². The molecule has 29 heavy (non-hydrogen) atoms. The second kappa shape index (κ2) is 7.10. The van der Waals surface area contributed by atoms with Gasteiger partial charge in [-0.15, -0.1) is 0 Å². The van der Waals surface area contributed by atoms with Crippen LogP contribution < -0.4 is 14.9 Å². The molecule has 0 radical (unpaired) electrons. The first kappa shape index (κ1) is 19.8. The van der Waals surface area contributed by atoms with Gasteiger partial charge in [0.05, 0.1) is 23.7 Å². The molecule has 158 valence electrons. The predicted molar refractivity (Wildman–Crippen MR) is 111 cm³/mol. The average Bonchev–Trinajstić information content (AvgIpc) is 3.47. The molecule has 0 spiro atoms. The molecular weight excluding hydrogens is 396 g/mol. The molecule has 3 aliphatic rings. The first-order chi connectivity index (χ1) is 13.8. The van der Waals surface area contributed by atoms with Crippen LogP contribution in [0.3, 0.4) is 0 Å². The fourth-order valence-electron chi connectivity index (χ4n) is 3.86. The Morgan fingerprint density at radius 2 is 1.86 bits per heavy atom. The summed E-state index contributed by atoms with van der Waals surface area (Å²) in [4.78, 5) is 16.0. The Morgan fingerprint density at radius 1 is 1.21 bits per heavy atom. The van der Waals surface area contributed by atoms with Gasteiger partial charge in [0, 0.05) is 37.8 Å². The maximum Gasteiger partial charge on any atom is 0.355 e. The van der Waals surface area contributed by atoms with Crippen LogP contribution in [-0.2, 0) is 19.6 Å². The lowest BCUT2D eigenvalue weighted by atomic mass is 10.1. The van der Waals surface area contributed by atoms with Gasteiger partial charge in [0.2, 0.25) is 4.91 Å². The number of hydrogen-bond donors (Lipinski definition) is 2. The van der Waals surface area contributed by atoms with E-state index in [-0.39, 0.29) is 18.2 Å². The molecule has 1 saturated carbocycles. The lowest BCUT2D eigenvalue weighted by molar-refractivity contribution is -0.137. The predicted octanol–water partition coefficient (Wildman–Crippen LogP) is 1.12. The third kappa shape index (κ3) is 3.29. The van der Waals surface area contributed by atoms with Gasteiger partial charge in [-0.3, -0.25) is 4.31 Å². The third-order valence-electron chi connectivity index (χ3n) is 5.55. The van der Waals surface area contributed by atoms with Crippen molar-refractivity contribution in [2.45, 2.75) is 25.8 Å². The average molecular weight is 423 g/mol. The van der Waals surface area contributed by atoms with E-state index in [0.29, 0.717) is 24.2 Å². The number of nitrogens with two attached hydrogens (primary N) is 1. The van der Waals surface area contributed by atoms with Gasteiger partial charge in [-0.2, -0.15) is 0 Å². The Kier molecular flexibility index (Phi) is 4.86. The molecule has 1 aromatic carbocycles. The molecule has 0 unspecified atom stereocenters. The van der Waals surface area contributed by atoms with Crippen LogP contribution in [0, 0.1) is 0 Å². The summed E-state index contributed by atoms with van der Waals surface area (Å²) in [6.45, 7) is 4.87. The highest BCUT2D eigenvalue weighted by Gasteiger charge is 2.48. The fourth-order valence-corrected chi connectivity index (χ4v) is 5.69. The molecule has 9 nitrogen and oxygen atoms in total. The number of aliphatic hydroxyl groups excluding tert-OH is 1. The summed E-state index contributed by atoms with van der Waals surface area (Å²) >= 11 is 0. The van der Waals surface area contributed by atoms with Gasteiger partial charge in [-0.05, 0) is 38.9 Å². The molecule has 2 heterocycles. The number of ether oxygens (including phenoxy) is 1. The monoisotopic (exact) mass is 422 g/mol. The summed E-state index contributed by atoms with van der Waals surface area (Å²) < 4.78 is 32.7. The number of rotatable bonds is 4. The van der Waals surface area contributed by atoms with E-state index in [2.05, 4.69) is 16.8 Å². The highest BCUT2D eigenvalue weighted by molar-refractivity contribution is 7.97. The number of aliphatic hydroxyl groups is 1. The van der Waals surface area contributed by atoms with Crippen molar-refractivity contribution < 1.29 is 23.1 Å². The number of piperazine rings is 1. The number of fused-ring (bicyclic) bond motifs is 1. The Labute approximate surface area is 170 Å². The van der Waals surface area contributed by atoms with Crippen molar-refractivity contribution in [3.63, 3.8) is 0 Å². The van der Waals surface area contributed by atoms with Gasteiger partial charge in [-0.1, -0.05) is 0 Å². The quantitative estimate of drug-likeness (QED) is 0.548. The summed E-state index contributed by atoms with van der Waals surface area (Å²) in [7, 11) is -2.18. The molecule has 3 N–H and O–H groups in total. The van der Waals surface area contributed by atoms with Crippen molar-refractivity contribution >= 4 is 38.8 Å². The molecule has 0 amide bonds. The molecule has 10 heteroatoms. The van der Waals surface area contributed by atoms with Crippen LogP contribution in [0.5, 0.6) is 0 Å². The van der Waals surface area contributed by atoms with Crippen LogP contribution in [0.25, 0.3) is 5.76 Å². The van der Waals surface area contributed by atoms with Gasteiger partial charge < -0.3 is 25.4 Å². The molecule has 0 bridgehead atoms. The van der Waals surface area contributed by atoms with Crippen molar-refractivity contribution in [1.29, 1.82) is 0 Å². The van der Waals surface area contributed by atoms with Crippen molar-refractivity contribution in [1.82, 2.24) is 4.90 Å². The molecule has 4 rings (SSSR count). The SMILES string of the molecule is CCOC(=O)C1=C(O)c2cc(N)c(N3CCN(C)CC3)cc2N(C2CC2)S1(=O)=O. The fraction of sp³-hybridized carbons (Fsp3) is 0.526. The minimum atomic E-state index is -4.23. The standard InChI is InChI=1S/C19H26N4O5S/c1-3-28-19(25)18-17(24)13-10-14(20)16(22-8-6-21(2)7-9-22)11-15(13)23(12-4-5-12)29(18,26)27/h10-12,24H,3-9,20H2,1-2H3. The smallest absolute Gasteiger partial charge is 0.355 e. The van der Waals surface area contributed by atoms with Crippen LogP contribution >= 0.6 is 0 Å². The molecule has 1 aliphatic carbocycles. The summed E-state index contributed by atoms with van der Waals surface area (Å²) in [5, 5.41) is 10.7. The third-order valence-corrected chi connectivity index (χ3v) is 7.44. The minimum absolute atomic E-state index is 0.00586. The normalized spacial score (nSPS) is 21.9. The van der Waals surface area contributed by atoms with Crippen molar-refractivity contribution in [3.8, 4) is 0 Å². The number of benzene rings is 1. The van der Waals surface area contributed by atoms with E-state index in [4.69, 9.17) is 10.5 Å². The molecule has 0 aromatic heterocycles. The number of anilines is 3. The molecule has 0 atom stereocenters. The summed E-state index contributed by atoms with van der Waals surface area (Å²) in [6, 6.07) is 3.05. The number of nitrogens with zero attached hydrogens (tertiary/aromatic N) is 3. The van der Waals surface area contributed by atoms with Crippen LogP contribution in [0.2, 0.25) is 0 Å². The molecular formula is C19H26N4O5S. The molecule has 1 aromatic rings. The highest BCUT2D eigenvalue weighted by atomic mass is 32.2. The zero-order chi connectivity index (χ0) is 20.9. The summed E-state index contributed by atoms with van der Waals surface area (Å²) in [5.74, 6) is -1.66. The van der Waals surface area contributed by atoms with Crippen LogP contribution in [0.1, 0.15) is 25.3 Å². The van der Waals surface area contributed by atoms with Crippen molar-refractivity contribution in [2.24, 2.45) is 0 Å². The molecule has 2 fully saturated rings. The Hall–Kier alpha value is -2.46. The van der Waals surface area contributed by atoms with Gasteiger partial charge in [-0.25, -0.2) is 13.2 Å². The van der Waals surface area contributed by atoms with Crippen LogP contribution in [-0.4, -0.2) is 70.3 Å². The number of carbonyl (C=O) groups is 1. The van der Waals surface area contributed by atoms with E-state index >= 15 is 0 Å². The van der Waals surface area contributed by atoms with E-state index in [1.807, 2.05) is 0 Å². The van der Waals surface area contributed by atoms with E-state index in [9.17, 15) is 18.3 Å². The molecule has 2 aliphatic heterocycles. The number of likely N-dealkylation sites (N-methyl/N-ethyl adjacent to an activating group) is 1.